The molecule has 2 nitrogen and oxygen atoms in total. The average Bonchev–Trinajstić information content (AvgIpc) is 3.07. The smallest absolute Gasteiger partial charge is 0.155 e. The second kappa shape index (κ2) is 8.96. The number of Topliss-reactive ketones (excluding diaryl/α,β-unsaturated/α-hetero) is 1. The topological polar surface area (TPSA) is 26.3 Å². The molecule has 8 atom stereocenters. The van der Waals surface area contributed by atoms with Crippen LogP contribution in [-0.2, 0) is 9.53 Å². The van der Waals surface area contributed by atoms with E-state index in [1.165, 1.54) is 51.4 Å². The molecule has 3 fully saturated rings. The molecule has 0 N–H and O–H groups in total. The molecular formula is C29H48O2. The predicted octanol–water partition coefficient (Wildman–Crippen LogP) is 7.61. The predicted molar refractivity (Wildman–Crippen MR) is 129 cm³/mol. The highest BCUT2D eigenvalue weighted by atomic mass is 16.5. The molecule has 0 amide bonds. The van der Waals surface area contributed by atoms with E-state index in [1.54, 1.807) is 12.5 Å². The third-order valence-electron chi connectivity index (χ3n) is 10.5. The van der Waals surface area contributed by atoms with Gasteiger partial charge in [-0.3, -0.25) is 4.79 Å². The van der Waals surface area contributed by atoms with Gasteiger partial charge in [-0.15, -0.1) is 0 Å². The summed E-state index contributed by atoms with van der Waals surface area (Å²) in [5.41, 5.74) is 2.61. The van der Waals surface area contributed by atoms with Crippen LogP contribution in [0.1, 0.15) is 106 Å². The molecule has 2 heteroatoms. The molecule has 0 bridgehead atoms. The SMILES string of the molecule is CC(=O)CO[C@H]1CC[C@@]2(C)C(=CCC3[C@@H]4CC[C@H]([C@H](C)CCC(C)C)[C@@]4(C)CC[C@@H]32)C1. The van der Waals surface area contributed by atoms with Gasteiger partial charge in [-0.25, -0.2) is 0 Å². The van der Waals surface area contributed by atoms with Gasteiger partial charge in [0.1, 0.15) is 6.61 Å². The number of ether oxygens (including phenoxy) is 1. The lowest BCUT2D eigenvalue weighted by Crippen LogP contribution is -2.51. The molecule has 0 aliphatic heterocycles. The molecule has 176 valence electrons. The fourth-order valence-corrected chi connectivity index (χ4v) is 8.78. The van der Waals surface area contributed by atoms with Gasteiger partial charge >= 0.3 is 0 Å². The van der Waals surface area contributed by atoms with Gasteiger partial charge < -0.3 is 4.74 Å². The highest BCUT2D eigenvalue weighted by Crippen LogP contribution is 2.67. The summed E-state index contributed by atoms with van der Waals surface area (Å²) < 4.78 is 5.95. The van der Waals surface area contributed by atoms with Gasteiger partial charge in [0, 0.05) is 0 Å². The van der Waals surface area contributed by atoms with Crippen LogP contribution in [-0.4, -0.2) is 18.5 Å². The van der Waals surface area contributed by atoms with Crippen LogP contribution in [0.3, 0.4) is 0 Å². The van der Waals surface area contributed by atoms with Crippen LogP contribution in [0.4, 0.5) is 0 Å². The maximum atomic E-state index is 11.4. The molecule has 0 spiro atoms. The number of hydrogen-bond acceptors (Lipinski definition) is 2. The fraction of sp³-hybridized carbons (Fsp3) is 0.897. The Kier molecular flexibility index (Phi) is 6.80. The number of carbonyl (C=O) groups excluding carboxylic acids is 1. The van der Waals surface area contributed by atoms with E-state index >= 15 is 0 Å². The van der Waals surface area contributed by atoms with E-state index in [-0.39, 0.29) is 18.5 Å². The van der Waals surface area contributed by atoms with Crippen LogP contribution in [0.15, 0.2) is 11.6 Å². The van der Waals surface area contributed by atoms with Gasteiger partial charge in [0.05, 0.1) is 6.10 Å². The third-order valence-corrected chi connectivity index (χ3v) is 10.5. The van der Waals surface area contributed by atoms with Crippen LogP contribution in [0.25, 0.3) is 0 Å². The lowest BCUT2D eigenvalue weighted by atomic mass is 9.47. The number of rotatable bonds is 7. The van der Waals surface area contributed by atoms with Gasteiger partial charge in [0.15, 0.2) is 5.78 Å². The molecular weight excluding hydrogens is 380 g/mol. The van der Waals surface area contributed by atoms with Crippen molar-refractivity contribution in [2.45, 2.75) is 112 Å². The highest BCUT2D eigenvalue weighted by Gasteiger charge is 2.59. The largest absolute Gasteiger partial charge is 0.370 e. The van der Waals surface area contributed by atoms with Gasteiger partial charge in [-0.2, -0.15) is 0 Å². The molecule has 31 heavy (non-hydrogen) atoms. The molecule has 4 aliphatic carbocycles. The zero-order chi connectivity index (χ0) is 22.4. The van der Waals surface area contributed by atoms with Crippen molar-refractivity contribution >= 4 is 5.78 Å². The first-order valence-corrected chi connectivity index (χ1v) is 13.5. The maximum Gasteiger partial charge on any atom is 0.155 e. The van der Waals surface area contributed by atoms with Crippen molar-refractivity contribution in [3.05, 3.63) is 11.6 Å². The normalized spacial score (nSPS) is 43.1. The zero-order valence-electron chi connectivity index (χ0n) is 21.2. The number of carbonyl (C=O) groups is 1. The van der Waals surface area contributed by atoms with E-state index in [1.807, 2.05) is 0 Å². The highest BCUT2D eigenvalue weighted by molar-refractivity contribution is 5.76. The molecule has 0 saturated heterocycles. The number of allylic oxidation sites excluding steroid dienone is 1. The van der Waals surface area contributed by atoms with Crippen molar-refractivity contribution in [2.75, 3.05) is 6.61 Å². The summed E-state index contributed by atoms with van der Waals surface area (Å²) in [7, 11) is 0. The standard InChI is InChI=1S/C29H48O2/c1-19(2)7-8-20(3)25-11-12-26-24-10-9-22-17-23(31-18-21(4)30)13-15-28(22,5)27(24)14-16-29(25,26)6/h9,19-20,23-27H,7-8,10-18H2,1-6H3/t20-,23+,24?,25-,26+,27+,28+,29-/m1/s1. The Hall–Kier alpha value is -0.630. The minimum atomic E-state index is 0.149. The van der Waals surface area contributed by atoms with Gasteiger partial charge in [0.25, 0.3) is 0 Å². The lowest BCUT2D eigenvalue weighted by Gasteiger charge is -2.58. The Bertz CT molecular complexity index is 693. The van der Waals surface area contributed by atoms with Crippen LogP contribution < -0.4 is 0 Å². The molecule has 1 unspecified atom stereocenters. The van der Waals surface area contributed by atoms with Crippen LogP contribution in [0.5, 0.6) is 0 Å². The molecule has 4 aliphatic rings. The first-order valence-electron chi connectivity index (χ1n) is 13.5. The Morgan fingerprint density at radius 2 is 1.84 bits per heavy atom. The Morgan fingerprint density at radius 1 is 1.06 bits per heavy atom. The van der Waals surface area contributed by atoms with Crippen molar-refractivity contribution in [3.8, 4) is 0 Å². The summed E-state index contributed by atoms with van der Waals surface area (Å²) in [4.78, 5) is 11.4. The second-order valence-electron chi connectivity index (χ2n) is 12.8. The minimum Gasteiger partial charge on any atom is -0.370 e. The minimum absolute atomic E-state index is 0.149. The van der Waals surface area contributed by atoms with Crippen LogP contribution in [0.2, 0.25) is 0 Å². The fourth-order valence-electron chi connectivity index (χ4n) is 8.78. The molecule has 0 radical (unpaired) electrons. The van der Waals surface area contributed by atoms with E-state index in [4.69, 9.17) is 4.74 Å². The Morgan fingerprint density at radius 3 is 2.55 bits per heavy atom. The van der Waals surface area contributed by atoms with Crippen molar-refractivity contribution in [1.29, 1.82) is 0 Å². The number of ketones is 1. The van der Waals surface area contributed by atoms with Gasteiger partial charge in [-0.1, -0.05) is 59.1 Å². The lowest BCUT2D eigenvalue weighted by molar-refractivity contribution is -0.124. The summed E-state index contributed by atoms with van der Waals surface area (Å²) in [5.74, 6) is 5.49. The molecule has 0 heterocycles. The van der Waals surface area contributed by atoms with Gasteiger partial charge in [0.2, 0.25) is 0 Å². The van der Waals surface area contributed by atoms with Crippen LogP contribution in [0, 0.1) is 46.3 Å². The third kappa shape index (κ3) is 4.32. The average molecular weight is 429 g/mol. The summed E-state index contributed by atoms with van der Waals surface area (Å²) >= 11 is 0. The van der Waals surface area contributed by atoms with Crippen molar-refractivity contribution in [1.82, 2.24) is 0 Å². The summed E-state index contributed by atoms with van der Waals surface area (Å²) in [5, 5.41) is 0. The summed E-state index contributed by atoms with van der Waals surface area (Å²) in [6, 6.07) is 0. The quantitative estimate of drug-likeness (QED) is 0.390. The van der Waals surface area contributed by atoms with E-state index < -0.39 is 0 Å². The molecule has 0 aromatic heterocycles. The van der Waals surface area contributed by atoms with E-state index in [0.717, 1.165) is 48.3 Å². The van der Waals surface area contributed by atoms with Gasteiger partial charge in [-0.05, 0) is 105 Å². The molecule has 3 saturated carbocycles. The molecule has 0 aromatic rings. The van der Waals surface area contributed by atoms with Crippen molar-refractivity contribution in [2.24, 2.45) is 46.3 Å². The van der Waals surface area contributed by atoms with Crippen molar-refractivity contribution in [3.63, 3.8) is 0 Å². The van der Waals surface area contributed by atoms with E-state index in [9.17, 15) is 4.79 Å². The molecule has 0 aromatic carbocycles. The van der Waals surface area contributed by atoms with Crippen LogP contribution >= 0.6 is 0 Å². The Labute approximate surface area is 192 Å². The summed E-state index contributed by atoms with van der Waals surface area (Å²) in [6.07, 6.45) is 16.2. The zero-order valence-corrected chi connectivity index (χ0v) is 21.2. The number of fused-ring (bicyclic) bond motifs is 5. The molecule has 4 rings (SSSR count). The first kappa shape index (κ1) is 23.5. The number of hydrogen-bond donors (Lipinski definition) is 0. The maximum absolute atomic E-state index is 11.4. The second-order valence-corrected chi connectivity index (χ2v) is 12.8. The van der Waals surface area contributed by atoms with Crippen molar-refractivity contribution < 1.29 is 9.53 Å². The Balaban J connectivity index is 1.47. The summed E-state index contributed by atoms with van der Waals surface area (Å²) in [6.45, 7) is 14.5. The monoisotopic (exact) mass is 428 g/mol. The van der Waals surface area contributed by atoms with E-state index in [2.05, 4.69) is 40.7 Å². The van der Waals surface area contributed by atoms with E-state index in [0.29, 0.717) is 10.8 Å². The first-order chi connectivity index (χ1) is 14.6.